The van der Waals surface area contributed by atoms with Crippen LogP contribution in [0.2, 0.25) is 0 Å². The van der Waals surface area contributed by atoms with E-state index in [0.717, 1.165) is 18.3 Å². The number of hydrogen-bond acceptors (Lipinski definition) is 7. The highest BCUT2D eigenvalue weighted by atomic mass is 32.2. The third kappa shape index (κ3) is 4.49. The Morgan fingerprint density at radius 1 is 1.55 bits per heavy atom. The van der Waals surface area contributed by atoms with Crippen molar-refractivity contribution >= 4 is 15.8 Å². The highest BCUT2D eigenvalue weighted by Gasteiger charge is 2.22. The molecule has 1 heterocycles. The Morgan fingerprint density at radius 3 is 2.70 bits per heavy atom. The molecule has 1 aromatic heterocycles. The van der Waals surface area contributed by atoms with Crippen LogP contribution in [0.5, 0.6) is 0 Å². The molecule has 2 N–H and O–H groups in total. The average molecular weight is 305 g/mol. The van der Waals surface area contributed by atoms with E-state index in [9.17, 15) is 18.5 Å². The lowest BCUT2D eigenvalue weighted by Crippen LogP contribution is -2.38. The lowest BCUT2D eigenvalue weighted by Gasteiger charge is -2.16. The summed E-state index contributed by atoms with van der Waals surface area (Å²) in [7, 11) is -2.46. The van der Waals surface area contributed by atoms with E-state index >= 15 is 0 Å². The van der Waals surface area contributed by atoms with Gasteiger partial charge in [-0.15, -0.1) is 0 Å². The number of aromatic nitrogens is 1. The molecule has 1 unspecified atom stereocenters. The first kappa shape index (κ1) is 16.4. The average Bonchev–Trinajstić information content (AvgIpc) is 2.39. The summed E-state index contributed by atoms with van der Waals surface area (Å²) in [6.07, 6.45) is 1.09. The second kappa shape index (κ2) is 7.24. The third-order valence-electron chi connectivity index (χ3n) is 2.39. The first-order valence-corrected chi connectivity index (χ1v) is 7.11. The van der Waals surface area contributed by atoms with Crippen molar-refractivity contribution in [1.82, 2.24) is 9.71 Å². The summed E-state index contributed by atoms with van der Waals surface area (Å²) in [5.41, 5.74) is 0. The van der Waals surface area contributed by atoms with Crippen LogP contribution >= 0.6 is 0 Å². The van der Waals surface area contributed by atoms with Crippen molar-refractivity contribution in [2.45, 2.75) is 17.4 Å². The van der Waals surface area contributed by atoms with Gasteiger partial charge in [0.25, 0.3) is 0 Å². The van der Waals surface area contributed by atoms with Crippen LogP contribution in [0.15, 0.2) is 23.2 Å². The SMILES string of the molecule is COCC(CCO)NS(=O)(=O)c1ccc([N+](=O)[O-])nc1. The molecule has 0 fully saturated rings. The van der Waals surface area contributed by atoms with Gasteiger partial charge in [0.2, 0.25) is 10.0 Å². The van der Waals surface area contributed by atoms with Gasteiger partial charge in [-0.2, -0.15) is 0 Å². The molecule has 0 radical (unpaired) electrons. The third-order valence-corrected chi connectivity index (χ3v) is 3.89. The normalized spacial score (nSPS) is 13.1. The van der Waals surface area contributed by atoms with E-state index in [1.807, 2.05) is 0 Å². The maximum Gasteiger partial charge on any atom is 0.363 e. The van der Waals surface area contributed by atoms with E-state index in [2.05, 4.69) is 9.71 Å². The van der Waals surface area contributed by atoms with Crippen molar-refractivity contribution in [2.24, 2.45) is 0 Å². The number of nitrogens with one attached hydrogen (secondary N) is 1. The summed E-state index contributed by atoms with van der Waals surface area (Å²) in [4.78, 5) is 13.0. The summed E-state index contributed by atoms with van der Waals surface area (Å²) < 4.78 is 31.2. The minimum atomic E-state index is -3.87. The van der Waals surface area contributed by atoms with Gasteiger partial charge in [-0.3, -0.25) is 0 Å². The number of aliphatic hydroxyl groups excluding tert-OH is 1. The number of pyridine rings is 1. The predicted octanol–water partition coefficient (Wildman–Crippen LogP) is -0.335. The zero-order chi connectivity index (χ0) is 15.2. The summed E-state index contributed by atoms with van der Waals surface area (Å²) >= 11 is 0. The Morgan fingerprint density at radius 2 is 2.25 bits per heavy atom. The van der Waals surface area contributed by atoms with Crippen LogP contribution in [0.3, 0.4) is 0 Å². The molecule has 20 heavy (non-hydrogen) atoms. The maximum atomic E-state index is 12.0. The molecular weight excluding hydrogens is 290 g/mol. The van der Waals surface area contributed by atoms with Gasteiger partial charge in [0, 0.05) is 25.8 Å². The monoisotopic (exact) mass is 305 g/mol. The fourth-order valence-electron chi connectivity index (χ4n) is 1.46. The molecule has 0 amide bonds. The largest absolute Gasteiger partial charge is 0.396 e. The Kier molecular flexibility index (Phi) is 5.95. The fraction of sp³-hybridized carbons (Fsp3) is 0.500. The van der Waals surface area contributed by atoms with E-state index in [0.29, 0.717) is 0 Å². The van der Waals surface area contributed by atoms with Crippen molar-refractivity contribution in [3.8, 4) is 0 Å². The predicted molar refractivity (Wildman–Crippen MR) is 68.6 cm³/mol. The lowest BCUT2D eigenvalue weighted by molar-refractivity contribution is -0.389. The van der Waals surface area contributed by atoms with E-state index in [-0.39, 0.29) is 24.5 Å². The van der Waals surface area contributed by atoms with Crippen LogP contribution in [0.25, 0.3) is 0 Å². The van der Waals surface area contributed by atoms with Gasteiger partial charge in [0.15, 0.2) is 6.20 Å². The van der Waals surface area contributed by atoms with Crippen LogP contribution in [0.1, 0.15) is 6.42 Å². The molecule has 0 spiro atoms. The molecule has 0 saturated heterocycles. The van der Waals surface area contributed by atoms with E-state index in [4.69, 9.17) is 9.84 Å². The van der Waals surface area contributed by atoms with Gasteiger partial charge < -0.3 is 20.0 Å². The van der Waals surface area contributed by atoms with Crippen LogP contribution in [0.4, 0.5) is 5.82 Å². The van der Waals surface area contributed by atoms with Crippen LogP contribution in [0, 0.1) is 10.1 Å². The number of rotatable bonds is 8. The van der Waals surface area contributed by atoms with Gasteiger partial charge in [0.1, 0.15) is 4.90 Å². The minimum absolute atomic E-state index is 0.0974. The summed E-state index contributed by atoms with van der Waals surface area (Å²) in [6.45, 7) is -0.102. The number of sulfonamides is 1. The molecule has 0 aliphatic heterocycles. The Hall–Kier alpha value is -1.62. The molecule has 0 aliphatic carbocycles. The molecule has 10 heteroatoms. The zero-order valence-electron chi connectivity index (χ0n) is 10.7. The number of aliphatic hydroxyl groups is 1. The molecule has 0 aromatic carbocycles. The highest BCUT2D eigenvalue weighted by Crippen LogP contribution is 2.13. The van der Waals surface area contributed by atoms with E-state index < -0.39 is 26.8 Å². The second-order valence-electron chi connectivity index (χ2n) is 3.90. The first-order valence-electron chi connectivity index (χ1n) is 5.63. The van der Waals surface area contributed by atoms with Crippen molar-refractivity contribution in [1.29, 1.82) is 0 Å². The topological polar surface area (TPSA) is 132 Å². The minimum Gasteiger partial charge on any atom is -0.396 e. The van der Waals surface area contributed by atoms with Crippen molar-refractivity contribution in [3.05, 3.63) is 28.4 Å². The first-order chi connectivity index (χ1) is 9.40. The Labute approximate surface area is 115 Å². The Bertz CT molecular complexity index is 539. The van der Waals surface area contributed by atoms with Gasteiger partial charge in [-0.1, -0.05) is 0 Å². The van der Waals surface area contributed by atoms with Gasteiger partial charge in [0.05, 0.1) is 6.61 Å². The molecule has 1 atom stereocenters. The van der Waals surface area contributed by atoms with Crippen LogP contribution in [-0.2, 0) is 14.8 Å². The standard InChI is InChI=1S/C10H15N3O6S/c1-19-7-8(4-5-14)12-20(17,18)9-2-3-10(11-6-9)13(15)16/h2-3,6,8,12,14H,4-5,7H2,1H3. The molecule has 112 valence electrons. The molecule has 1 aromatic rings. The van der Waals surface area contributed by atoms with Gasteiger partial charge >= 0.3 is 5.82 Å². The fourth-order valence-corrected chi connectivity index (χ4v) is 2.66. The quantitative estimate of drug-likeness (QED) is 0.496. The second-order valence-corrected chi connectivity index (χ2v) is 5.61. The van der Waals surface area contributed by atoms with E-state index in [1.165, 1.54) is 7.11 Å². The summed E-state index contributed by atoms with van der Waals surface area (Å²) in [5.74, 6) is -0.437. The number of hydrogen-bond donors (Lipinski definition) is 2. The number of methoxy groups -OCH3 is 1. The smallest absolute Gasteiger partial charge is 0.363 e. The number of nitro groups is 1. The summed E-state index contributed by atoms with van der Waals surface area (Å²) in [6, 6.07) is 1.51. The van der Waals surface area contributed by atoms with Gasteiger partial charge in [-0.25, -0.2) is 13.1 Å². The molecular formula is C10H15N3O6S. The van der Waals surface area contributed by atoms with Crippen molar-refractivity contribution in [3.63, 3.8) is 0 Å². The maximum absolute atomic E-state index is 12.0. The van der Waals surface area contributed by atoms with Gasteiger partial charge in [-0.05, 0) is 22.4 Å². The van der Waals surface area contributed by atoms with Crippen LogP contribution < -0.4 is 4.72 Å². The zero-order valence-corrected chi connectivity index (χ0v) is 11.5. The van der Waals surface area contributed by atoms with Crippen molar-refractivity contribution < 1.29 is 23.2 Å². The Balaban J connectivity index is 2.89. The molecule has 0 bridgehead atoms. The van der Waals surface area contributed by atoms with Crippen molar-refractivity contribution in [2.75, 3.05) is 20.3 Å². The molecule has 0 saturated carbocycles. The molecule has 0 aliphatic rings. The molecule has 1 rings (SSSR count). The number of ether oxygens (including phenoxy) is 1. The highest BCUT2D eigenvalue weighted by molar-refractivity contribution is 7.89. The van der Waals surface area contributed by atoms with E-state index in [1.54, 1.807) is 0 Å². The molecule has 9 nitrogen and oxygen atoms in total. The number of nitrogens with zero attached hydrogens (tertiary/aromatic N) is 2. The summed E-state index contributed by atoms with van der Waals surface area (Å²) in [5, 5.41) is 19.3. The van der Waals surface area contributed by atoms with Crippen LogP contribution in [-0.4, -0.2) is 49.8 Å². The lowest BCUT2D eigenvalue weighted by atomic mass is 10.2.